The molecule has 0 aromatic carbocycles. The number of pyridine rings is 1. The minimum absolute atomic E-state index is 0.0336. The van der Waals surface area contributed by atoms with E-state index in [-0.39, 0.29) is 11.4 Å². The van der Waals surface area contributed by atoms with Gasteiger partial charge in [-0.15, -0.1) is 0 Å². The number of nitrogens with zero attached hydrogens (tertiary/aromatic N) is 2. The van der Waals surface area contributed by atoms with Gasteiger partial charge in [0, 0.05) is 18.0 Å². The van der Waals surface area contributed by atoms with E-state index in [9.17, 15) is 8.42 Å². The fourth-order valence-corrected chi connectivity index (χ4v) is 2.85. The van der Waals surface area contributed by atoms with Crippen molar-refractivity contribution in [2.75, 3.05) is 11.3 Å². The molecule has 0 aliphatic rings. The lowest BCUT2D eigenvalue weighted by Crippen LogP contribution is -2.14. The van der Waals surface area contributed by atoms with Crippen molar-refractivity contribution in [2.45, 2.75) is 18.7 Å². The van der Waals surface area contributed by atoms with Crippen molar-refractivity contribution < 1.29 is 8.42 Å². The summed E-state index contributed by atoms with van der Waals surface area (Å²) in [6.07, 6.45) is 2.75. The number of nitrogens with one attached hydrogen (secondary N) is 2. The van der Waals surface area contributed by atoms with Gasteiger partial charge in [0.2, 0.25) is 0 Å². The maximum atomic E-state index is 12.4. The maximum absolute atomic E-state index is 12.4. The minimum atomic E-state index is -3.75. The van der Waals surface area contributed by atoms with Crippen LogP contribution in [0.5, 0.6) is 0 Å². The average Bonchev–Trinajstić information content (AvgIpc) is 2.77. The summed E-state index contributed by atoms with van der Waals surface area (Å²) in [5.41, 5.74) is 7.43. The molecule has 0 saturated heterocycles. The van der Waals surface area contributed by atoms with Gasteiger partial charge in [-0.1, -0.05) is 11.8 Å². The molecule has 0 aliphatic carbocycles. The number of H-pyrrole nitrogens is 1. The van der Waals surface area contributed by atoms with E-state index >= 15 is 0 Å². The minimum Gasteiger partial charge on any atom is -0.320 e. The molecular weight excluding hydrogens is 290 g/mol. The highest BCUT2D eigenvalue weighted by atomic mass is 32.2. The summed E-state index contributed by atoms with van der Waals surface area (Å²) >= 11 is 0. The van der Waals surface area contributed by atoms with Crippen molar-refractivity contribution in [2.24, 2.45) is 5.73 Å². The lowest BCUT2D eigenvalue weighted by atomic mass is 10.3. The zero-order valence-corrected chi connectivity index (χ0v) is 12.5. The van der Waals surface area contributed by atoms with Crippen LogP contribution in [-0.4, -0.2) is 30.1 Å². The number of hydrogen-bond acceptors (Lipinski definition) is 5. The predicted molar refractivity (Wildman–Crippen MR) is 79.0 cm³/mol. The van der Waals surface area contributed by atoms with Gasteiger partial charge in [0.15, 0.2) is 0 Å². The zero-order chi connectivity index (χ0) is 15.5. The molecule has 0 aliphatic heterocycles. The van der Waals surface area contributed by atoms with Crippen LogP contribution in [0.25, 0.3) is 0 Å². The van der Waals surface area contributed by atoms with Gasteiger partial charge in [0.05, 0.1) is 23.6 Å². The van der Waals surface area contributed by atoms with Gasteiger partial charge in [-0.2, -0.15) is 5.10 Å². The van der Waals surface area contributed by atoms with Crippen LogP contribution >= 0.6 is 0 Å². The summed E-state index contributed by atoms with van der Waals surface area (Å²) < 4.78 is 27.2. The third kappa shape index (κ3) is 3.39. The van der Waals surface area contributed by atoms with Crippen molar-refractivity contribution in [3.8, 4) is 11.8 Å². The van der Waals surface area contributed by atoms with Gasteiger partial charge in [-0.25, -0.2) is 8.42 Å². The molecule has 0 fully saturated rings. The highest BCUT2D eigenvalue weighted by Crippen LogP contribution is 2.21. The first kappa shape index (κ1) is 15.0. The first-order chi connectivity index (χ1) is 9.94. The number of sulfonamides is 1. The number of aromatic nitrogens is 3. The average molecular weight is 305 g/mol. The molecule has 4 N–H and O–H groups in total. The molecule has 0 saturated carbocycles. The van der Waals surface area contributed by atoms with Gasteiger partial charge in [0.25, 0.3) is 10.0 Å². The monoisotopic (exact) mass is 305 g/mol. The number of nitrogens with two attached hydrogens (primary N) is 1. The summed E-state index contributed by atoms with van der Waals surface area (Å²) in [5, 5.41) is 6.67. The molecule has 0 amide bonds. The van der Waals surface area contributed by atoms with Crippen molar-refractivity contribution in [1.29, 1.82) is 0 Å². The van der Waals surface area contributed by atoms with E-state index in [1.807, 2.05) is 0 Å². The Balaban J connectivity index is 2.36. The van der Waals surface area contributed by atoms with E-state index in [0.29, 0.717) is 22.6 Å². The van der Waals surface area contributed by atoms with Gasteiger partial charge in [0.1, 0.15) is 4.90 Å². The molecule has 2 aromatic heterocycles. The smallest absolute Gasteiger partial charge is 0.263 e. The summed E-state index contributed by atoms with van der Waals surface area (Å²) in [4.78, 5) is 3.93. The molecule has 110 valence electrons. The van der Waals surface area contributed by atoms with E-state index in [2.05, 4.69) is 31.7 Å². The molecular formula is C13H15N5O2S. The van der Waals surface area contributed by atoms with Crippen molar-refractivity contribution in [1.82, 2.24) is 15.2 Å². The fraction of sp³-hybridized carbons (Fsp3) is 0.231. The highest BCUT2D eigenvalue weighted by Gasteiger charge is 2.18. The lowest BCUT2D eigenvalue weighted by Gasteiger charge is -2.08. The molecule has 0 spiro atoms. The Morgan fingerprint density at radius 3 is 2.76 bits per heavy atom. The molecule has 8 heteroatoms. The van der Waals surface area contributed by atoms with Gasteiger partial charge in [-0.05, 0) is 19.9 Å². The Kier molecular flexibility index (Phi) is 4.26. The second-order valence-corrected chi connectivity index (χ2v) is 6.01. The van der Waals surface area contributed by atoms with Crippen LogP contribution in [0.2, 0.25) is 0 Å². The van der Waals surface area contributed by atoms with Crippen LogP contribution in [0.1, 0.15) is 17.0 Å². The third-order valence-electron chi connectivity index (χ3n) is 2.72. The SMILES string of the molecule is Cc1n[nH]c(C)c1NS(=O)(=O)c1cncc(C#CCN)c1. The van der Waals surface area contributed by atoms with E-state index in [4.69, 9.17) is 5.73 Å². The van der Waals surface area contributed by atoms with E-state index in [0.717, 1.165) is 0 Å². The number of hydrogen-bond donors (Lipinski definition) is 3. The van der Waals surface area contributed by atoms with Crippen LogP contribution in [-0.2, 0) is 10.0 Å². The highest BCUT2D eigenvalue weighted by molar-refractivity contribution is 7.92. The predicted octanol–water partition coefficient (Wildman–Crippen LogP) is 0.533. The van der Waals surface area contributed by atoms with Crippen molar-refractivity contribution in [3.63, 3.8) is 0 Å². The largest absolute Gasteiger partial charge is 0.320 e. The lowest BCUT2D eigenvalue weighted by molar-refractivity contribution is 0.600. The third-order valence-corrected chi connectivity index (χ3v) is 4.04. The van der Waals surface area contributed by atoms with Crippen LogP contribution in [0.15, 0.2) is 23.4 Å². The molecule has 21 heavy (non-hydrogen) atoms. The normalized spacial score (nSPS) is 10.8. The standard InChI is InChI=1S/C13H15N5O2S/c1-9-13(10(2)17-16-9)18-21(19,20)12-6-11(4-3-5-14)7-15-8-12/h6-8,18H,5,14H2,1-2H3,(H,16,17). The summed E-state index contributed by atoms with van der Waals surface area (Å²) in [7, 11) is -3.75. The van der Waals surface area contributed by atoms with Gasteiger partial charge in [-0.3, -0.25) is 14.8 Å². The van der Waals surface area contributed by atoms with Crippen molar-refractivity contribution >= 4 is 15.7 Å². The molecule has 0 atom stereocenters. The van der Waals surface area contributed by atoms with Crippen LogP contribution in [0, 0.1) is 25.7 Å². The van der Waals surface area contributed by atoms with E-state index in [1.165, 1.54) is 18.5 Å². The summed E-state index contributed by atoms with van der Waals surface area (Å²) in [6, 6.07) is 1.45. The Morgan fingerprint density at radius 1 is 1.38 bits per heavy atom. The van der Waals surface area contributed by atoms with Crippen LogP contribution < -0.4 is 10.5 Å². The Labute approximate surface area is 123 Å². The first-order valence-corrected chi connectivity index (χ1v) is 7.60. The van der Waals surface area contributed by atoms with Crippen LogP contribution in [0.4, 0.5) is 5.69 Å². The second-order valence-electron chi connectivity index (χ2n) is 4.33. The fourth-order valence-electron chi connectivity index (χ4n) is 1.68. The van der Waals surface area contributed by atoms with Gasteiger partial charge >= 0.3 is 0 Å². The zero-order valence-electron chi connectivity index (χ0n) is 11.6. The summed E-state index contributed by atoms with van der Waals surface area (Å²) in [5.74, 6) is 5.40. The summed E-state index contributed by atoms with van der Waals surface area (Å²) in [6.45, 7) is 3.64. The van der Waals surface area contributed by atoms with Gasteiger partial charge < -0.3 is 5.73 Å². The molecule has 2 heterocycles. The first-order valence-electron chi connectivity index (χ1n) is 6.12. The quantitative estimate of drug-likeness (QED) is 0.716. The van der Waals surface area contributed by atoms with E-state index in [1.54, 1.807) is 13.8 Å². The second kappa shape index (κ2) is 5.95. The number of aryl methyl sites for hydroxylation is 2. The number of aromatic amines is 1. The molecule has 7 nitrogen and oxygen atoms in total. The molecule has 2 rings (SSSR count). The number of anilines is 1. The van der Waals surface area contributed by atoms with Crippen LogP contribution in [0.3, 0.4) is 0 Å². The van der Waals surface area contributed by atoms with E-state index < -0.39 is 10.0 Å². The Morgan fingerprint density at radius 2 is 2.14 bits per heavy atom. The molecule has 0 bridgehead atoms. The Hall–Kier alpha value is -2.37. The maximum Gasteiger partial charge on any atom is 0.263 e. The molecule has 0 radical (unpaired) electrons. The van der Waals surface area contributed by atoms with Crippen molar-refractivity contribution in [3.05, 3.63) is 35.4 Å². The Bertz CT molecular complexity index is 795. The molecule has 2 aromatic rings. The topological polar surface area (TPSA) is 114 Å². The molecule has 0 unspecified atom stereocenters. The number of rotatable bonds is 3.